The van der Waals surface area contributed by atoms with Crippen LogP contribution < -0.4 is 15.6 Å². The lowest BCUT2D eigenvalue weighted by Gasteiger charge is -2.35. The summed E-state index contributed by atoms with van der Waals surface area (Å²) in [5.74, 6) is 1.27. The number of nitriles is 1. The number of benzene rings is 1. The largest absolute Gasteiger partial charge is 0.374 e. The van der Waals surface area contributed by atoms with Gasteiger partial charge in [-0.2, -0.15) is 10.4 Å². The summed E-state index contributed by atoms with van der Waals surface area (Å²) in [6.07, 6.45) is 10.8. The SMILES string of the molecule is CN(CCC#N)c1ccc(C=NNC(=O)C2CCN(C(=S)NC3CC4C=CC3C4)CC2)cc1. The van der Waals surface area contributed by atoms with Gasteiger partial charge in [0.2, 0.25) is 5.91 Å². The molecule has 2 aliphatic carbocycles. The number of likely N-dealkylation sites (tertiary alicyclic amines) is 1. The number of piperidine rings is 1. The molecule has 1 saturated carbocycles. The van der Waals surface area contributed by atoms with Crippen molar-refractivity contribution in [1.29, 1.82) is 5.26 Å². The van der Waals surface area contributed by atoms with Crippen molar-refractivity contribution in [1.82, 2.24) is 15.6 Å². The van der Waals surface area contributed by atoms with Crippen molar-refractivity contribution >= 4 is 35.1 Å². The Morgan fingerprint density at radius 3 is 2.67 bits per heavy atom. The summed E-state index contributed by atoms with van der Waals surface area (Å²) in [5.41, 5.74) is 4.65. The van der Waals surface area contributed by atoms with Gasteiger partial charge < -0.3 is 15.1 Å². The quantitative estimate of drug-likeness (QED) is 0.279. The zero-order chi connectivity index (χ0) is 23.2. The second-order valence-electron chi connectivity index (χ2n) is 9.25. The molecule has 3 unspecified atom stereocenters. The maximum atomic E-state index is 12.5. The van der Waals surface area contributed by atoms with E-state index in [0.29, 0.717) is 24.9 Å². The van der Waals surface area contributed by atoms with Gasteiger partial charge in [-0.3, -0.25) is 4.79 Å². The number of amides is 1. The van der Waals surface area contributed by atoms with Gasteiger partial charge in [0.25, 0.3) is 0 Å². The molecule has 1 aromatic rings. The smallest absolute Gasteiger partial charge is 0.243 e. The van der Waals surface area contributed by atoms with Crippen molar-refractivity contribution in [3.05, 3.63) is 42.0 Å². The Morgan fingerprint density at radius 1 is 1.27 bits per heavy atom. The molecule has 0 spiro atoms. The van der Waals surface area contributed by atoms with Gasteiger partial charge in [0, 0.05) is 44.3 Å². The van der Waals surface area contributed by atoms with E-state index in [1.54, 1.807) is 6.21 Å². The molecule has 1 heterocycles. The number of allylic oxidation sites excluding steroid dienone is 1. The van der Waals surface area contributed by atoms with Gasteiger partial charge in [0.15, 0.2) is 5.11 Å². The molecule has 1 saturated heterocycles. The predicted octanol–water partition coefficient (Wildman–Crippen LogP) is 3.04. The fraction of sp³-hybridized carbons (Fsp3) is 0.520. The van der Waals surface area contributed by atoms with Crippen molar-refractivity contribution in [3.8, 4) is 6.07 Å². The predicted molar refractivity (Wildman–Crippen MR) is 135 cm³/mol. The van der Waals surface area contributed by atoms with Crippen LogP contribution in [-0.2, 0) is 4.79 Å². The number of hydrogen-bond acceptors (Lipinski definition) is 5. The molecule has 0 radical (unpaired) electrons. The van der Waals surface area contributed by atoms with Crippen LogP contribution in [0.15, 0.2) is 41.5 Å². The molecule has 1 aliphatic heterocycles. The number of carbonyl (C=O) groups is 1. The Bertz CT molecular complexity index is 945. The normalized spacial score (nSPS) is 24.1. The van der Waals surface area contributed by atoms with Crippen molar-refractivity contribution in [2.75, 3.05) is 31.6 Å². The molecule has 2 bridgehead atoms. The van der Waals surface area contributed by atoms with Crippen LogP contribution >= 0.6 is 12.2 Å². The number of carbonyl (C=O) groups excluding carboxylic acids is 1. The van der Waals surface area contributed by atoms with Crippen LogP contribution in [0.2, 0.25) is 0 Å². The highest BCUT2D eigenvalue weighted by Crippen LogP contribution is 2.39. The van der Waals surface area contributed by atoms with Crippen LogP contribution in [0, 0.1) is 29.1 Å². The zero-order valence-electron chi connectivity index (χ0n) is 19.1. The molecule has 33 heavy (non-hydrogen) atoms. The number of hydrazone groups is 1. The molecule has 1 amide bonds. The van der Waals surface area contributed by atoms with Gasteiger partial charge in [0.05, 0.1) is 18.7 Å². The number of rotatable bonds is 7. The summed E-state index contributed by atoms with van der Waals surface area (Å²) in [6, 6.07) is 10.5. The molecule has 8 heteroatoms. The third-order valence-corrected chi connectivity index (χ3v) is 7.40. The molecule has 174 valence electrons. The summed E-state index contributed by atoms with van der Waals surface area (Å²) in [4.78, 5) is 16.8. The Balaban J connectivity index is 1.18. The maximum absolute atomic E-state index is 12.5. The Hall–Kier alpha value is -2.92. The van der Waals surface area contributed by atoms with Crippen LogP contribution in [0.25, 0.3) is 0 Å². The molecule has 3 aliphatic rings. The summed E-state index contributed by atoms with van der Waals surface area (Å²) < 4.78 is 0. The Morgan fingerprint density at radius 2 is 2.03 bits per heavy atom. The van der Waals surface area contributed by atoms with Crippen molar-refractivity contribution in [2.24, 2.45) is 22.9 Å². The molecular weight excluding hydrogens is 432 g/mol. The summed E-state index contributed by atoms with van der Waals surface area (Å²) in [6.45, 7) is 2.29. The highest BCUT2D eigenvalue weighted by atomic mass is 32.1. The second kappa shape index (κ2) is 10.8. The number of thiocarbonyl (C=S) groups is 1. The van der Waals surface area contributed by atoms with Crippen LogP contribution in [0.3, 0.4) is 0 Å². The van der Waals surface area contributed by atoms with E-state index in [2.05, 4.69) is 39.0 Å². The van der Waals surface area contributed by atoms with Crippen LogP contribution in [-0.4, -0.2) is 54.9 Å². The van der Waals surface area contributed by atoms with E-state index in [1.165, 1.54) is 12.8 Å². The lowest BCUT2D eigenvalue weighted by atomic mass is 9.96. The number of anilines is 1. The van der Waals surface area contributed by atoms with E-state index >= 15 is 0 Å². The van der Waals surface area contributed by atoms with E-state index < -0.39 is 0 Å². The van der Waals surface area contributed by atoms with Crippen LogP contribution in [0.1, 0.15) is 37.7 Å². The van der Waals surface area contributed by atoms with Crippen LogP contribution in [0.4, 0.5) is 5.69 Å². The minimum atomic E-state index is -0.0391. The molecule has 0 aromatic heterocycles. The maximum Gasteiger partial charge on any atom is 0.243 e. The van der Waals surface area contributed by atoms with Gasteiger partial charge in [-0.1, -0.05) is 24.3 Å². The Labute approximate surface area is 201 Å². The summed E-state index contributed by atoms with van der Waals surface area (Å²) in [7, 11) is 1.96. The van der Waals surface area contributed by atoms with Gasteiger partial charge in [-0.05, 0) is 67.4 Å². The van der Waals surface area contributed by atoms with Crippen molar-refractivity contribution < 1.29 is 4.79 Å². The van der Waals surface area contributed by atoms with E-state index in [-0.39, 0.29) is 11.8 Å². The monoisotopic (exact) mass is 464 g/mol. The fourth-order valence-electron chi connectivity index (χ4n) is 4.96. The third-order valence-electron chi connectivity index (χ3n) is 7.02. The molecule has 2 fully saturated rings. The summed E-state index contributed by atoms with van der Waals surface area (Å²) >= 11 is 5.65. The first-order valence-corrected chi connectivity index (χ1v) is 12.2. The average molecular weight is 465 g/mol. The minimum Gasteiger partial charge on any atom is -0.374 e. The first kappa shape index (κ1) is 23.2. The van der Waals surface area contributed by atoms with Gasteiger partial charge in [-0.25, -0.2) is 5.43 Å². The number of nitrogens with zero attached hydrogens (tertiary/aromatic N) is 4. The van der Waals surface area contributed by atoms with E-state index in [4.69, 9.17) is 17.5 Å². The molecule has 4 rings (SSSR count). The average Bonchev–Trinajstić information content (AvgIpc) is 3.46. The highest BCUT2D eigenvalue weighted by molar-refractivity contribution is 7.80. The van der Waals surface area contributed by atoms with Gasteiger partial charge >= 0.3 is 0 Å². The van der Waals surface area contributed by atoms with Crippen molar-refractivity contribution in [2.45, 2.75) is 38.1 Å². The van der Waals surface area contributed by atoms with Gasteiger partial charge in [-0.15, -0.1) is 0 Å². The van der Waals surface area contributed by atoms with E-state index in [1.807, 2.05) is 36.2 Å². The summed E-state index contributed by atoms with van der Waals surface area (Å²) in [5, 5.41) is 17.2. The standard InChI is InChI=1S/C25H32N6OS/c1-30(12-2-11-26)22-7-4-18(5-8-22)17-27-29-24(32)20-9-13-31(14-10-20)25(33)28-23-16-19-3-6-21(23)15-19/h3-8,17,19-21,23H,2,9-10,12-16H2,1H3,(H,28,33)(H,29,32). The molecule has 2 N–H and O–H groups in total. The second-order valence-corrected chi connectivity index (χ2v) is 9.64. The third kappa shape index (κ3) is 5.91. The fourth-order valence-corrected chi connectivity index (χ4v) is 5.30. The molecule has 7 nitrogen and oxygen atoms in total. The van der Waals surface area contributed by atoms with E-state index in [9.17, 15) is 4.79 Å². The number of nitrogens with one attached hydrogen (secondary N) is 2. The number of hydrogen-bond donors (Lipinski definition) is 2. The van der Waals surface area contributed by atoms with E-state index in [0.717, 1.165) is 48.2 Å². The molecule has 1 aromatic carbocycles. The number of fused-ring (bicyclic) bond motifs is 2. The molecule has 3 atom stereocenters. The molecular formula is C25H32N6OS. The van der Waals surface area contributed by atoms with Gasteiger partial charge in [0.1, 0.15) is 0 Å². The lowest BCUT2D eigenvalue weighted by Crippen LogP contribution is -2.49. The first-order valence-electron chi connectivity index (χ1n) is 11.8. The topological polar surface area (TPSA) is 83.8 Å². The minimum absolute atomic E-state index is 0.0316. The highest BCUT2D eigenvalue weighted by Gasteiger charge is 2.36. The van der Waals surface area contributed by atoms with Crippen molar-refractivity contribution in [3.63, 3.8) is 0 Å². The first-order chi connectivity index (χ1) is 16.0. The van der Waals surface area contributed by atoms with Crippen LogP contribution in [0.5, 0.6) is 0 Å². The lowest BCUT2D eigenvalue weighted by molar-refractivity contribution is -0.126. The zero-order valence-corrected chi connectivity index (χ0v) is 19.9. The Kier molecular flexibility index (Phi) is 7.61.